The number of thioether (sulfide) groups is 1. The van der Waals surface area contributed by atoms with E-state index in [1.807, 2.05) is 20.8 Å². The molecule has 2 fully saturated rings. The SMILES string of the molecule is C[C@@H]1C[C@H]1NC(=O)[C@H]1CSCN1C(=O)OC(C)(C)C. The molecule has 0 bridgehead atoms. The molecule has 2 rings (SSSR count). The minimum absolute atomic E-state index is 0.0507. The van der Waals surface area contributed by atoms with Gasteiger partial charge in [-0.15, -0.1) is 11.8 Å². The lowest BCUT2D eigenvalue weighted by molar-refractivity contribution is -0.125. The van der Waals surface area contributed by atoms with Gasteiger partial charge in [-0.25, -0.2) is 4.79 Å². The summed E-state index contributed by atoms with van der Waals surface area (Å²) < 4.78 is 5.34. The third kappa shape index (κ3) is 3.78. The van der Waals surface area contributed by atoms with Crippen LogP contribution in [0.15, 0.2) is 0 Å². The molecule has 1 aliphatic heterocycles. The highest BCUT2D eigenvalue weighted by molar-refractivity contribution is 7.99. The van der Waals surface area contributed by atoms with Crippen LogP contribution in [-0.4, -0.2) is 46.2 Å². The highest BCUT2D eigenvalue weighted by Crippen LogP contribution is 2.30. The van der Waals surface area contributed by atoms with Crippen LogP contribution in [0.1, 0.15) is 34.1 Å². The van der Waals surface area contributed by atoms with E-state index in [0.717, 1.165) is 6.42 Å². The number of rotatable bonds is 2. The maximum absolute atomic E-state index is 12.1. The van der Waals surface area contributed by atoms with E-state index in [9.17, 15) is 9.59 Å². The highest BCUT2D eigenvalue weighted by atomic mass is 32.2. The van der Waals surface area contributed by atoms with E-state index in [0.29, 0.717) is 23.6 Å². The van der Waals surface area contributed by atoms with Gasteiger partial charge in [0.05, 0.1) is 5.88 Å². The second-order valence-corrected chi connectivity index (χ2v) is 7.29. The Bertz CT molecular complexity index is 381. The minimum atomic E-state index is -0.531. The lowest BCUT2D eigenvalue weighted by Crippen LogP contribution is -2.49. The van der Waals surface area contributed by atoms with Crippen LogP contribution >= 0.6 is 11.8 Å². The van der Waals surface area contributed by atoms with Crippen molar-refractivity contribution in [3.8, 4) is 0 Å². The number of hydrogen-bond donors (Lipinski definition) is 1. The number of nitrogens with zero attached hydrogens (tertiary/aromatic N) is 1. The van der Waals surface area contributed by atoms with E-state index >= 15 is 0 Å². The lowest BCUT2D eigenvalue weighted by atomic mass is 10.2. The van der Waals surface area contributed by atoms with Gasteiger partial charge in [-0.2, -0.15) is 0 Å². The van der Waals surface area contributed by atoms with Crippen LogP contribution in [0, 0.1) is 5.92 Å². The van der Waals surface area contributed by atoms with Crippen LogP contribution in [0.5, 0.6) is 0 Å². The average Bonchev–Trinajstić information content (AvgIpc) is 2.81. The van der Waals surface area contributed by atoms with Gasteiger partial charge in [-0.3, -0.25) is 9.69 Å². The van der Waals surface area contributed by atoms with Crippen LogP contribution in [0.4, 0.5) is 4.79 Å². The van der Waals surface area contributed by atoms with Crippen molar-refractivity contribution in [1.82, 2.24) is 10.2 Å². The van der Waals surface area contributed by atoms with Gasteiger partial charge in [0.1, 0.15) is 11.6 Å². The Morgan fingerprint density at radius 2 is 2.00 bits per heavy atom. The van der Waals surface area contributed by atoms with E-state index in [1.165, 1.54) is 4.90 Å². The number of carbonyl (C=O) groups excluding carboxylic acids is 2. The van der Waals surface area contributed by atoms with Crippen molar-refractivity contribution in [3.63, 3.8) is 0 Å². The molecule has 108 valence electrons. The predicted molar refractivity (Wildman–Crippen MR) is 74.9 cm³/mol. The van der Waals surface area contributed by atoms with Crippen molar-refractivity contribution in [3.05, 3.63) is 0 Å². The van der Waals surface area contributed by atoms with Crippen LogP contribution in [0.3, 0.4) is 0 Å². The zero-order valence-corrected chi connectivity index (χ0v) is 12.8. The molecule has 2 aliphatic rings. The fourth-order valence-electron chi connectivity index (χ4n) is 1.96. The van der Waals surface area contributed by atoms with Crippen molar-refractivity contribution >= 4 is 23.8 Å². The molecule has 0 aromatic carbocycles. The number of hydrogen-bond acceptors (Lipinski definition) is 4. The fourth-order valence-corrected chi connectivity index (χ4v) is 3.10. The average molecular weight is 286 g/mol. The number of ether oxygens (including phenoxy) is 1. The first-order chi connectivity index (χ1) is 8.78. The second-order valence-electron chi connectivity index (χ2n) is 6.29. The normalized spacial score (nSPS) is 30.1. The quantitative estimate of drug-likeness (QED) is 0.841. The zero-order valence-electron chi connectivity index (χ0n) is 11.9. The molecule has 6 heteroatoms. The number of carbonyl (C=O) groups is 2. The maximum Gasteiger partial charge on any atom is 0.411 e. The molecule has 0 spiro atoms. The number of nitrogens with one attached hydrogen (secondary N) is 1. The molecule has 1 aliphatic carbocycles. The molecule has 3 atom stereocenters. The van der Waals surface area contributed by atoms with Gasteiger partial charge >= 0.3 is 6.09 Å². The summed E-state index contributed by atoms with van der Waals surface area (Å²) in [4.78, 5) is 25.7. The molecule has 5 nitrogen and oxygen atoms in total. The predicted octanol–water partition coefficient (Wildman–Crippen LogP) is 1.82. The van der Waals surface area contributed by atoms with Crippen molar-refractivity contribution < 1.29 is 14.3 Å². The van der Waals surface area contributed by atoms with Gasteiger partial charge in [-0.05, 0) is 33.1 Å². The third-order valence-corrected chi connectivity index (χ3v) is 4.26. The zero-order chi connectivity index (χ0) is 14.2. The first kappa shape index (κ1) is 14.5. The first-order valence-corrected chi connectivity index (χ1v) is 7.81. The topological polar surface area (TPSA) is 58.6 Å². The Morgan fingerprint density at radius 3 is 2.53 bits per heavy atom. The van der Waals surface area contributed by atoms with E-state index < -0.39 is 17.7 Å². The van der Waals surface area contributed by atoms with Crippen molar-refractivity contribution in [2.24, 2.45) is 5.92 Å². The molecule has 1 saturated heterocycles. The van der Waals surface area contributed by atoms with Crippen LogP contribution in [0.2, 0.25) is 0 Å². The minimum Gasteiger partial charge on any atom is -0.444 e. The summed E-state index contributed by atoms with van der Waals surface area (Å²) in [6.45, 7) is 7.60. The van der Waals surface area contributed by atoms with E-state index in [1.54, 1.807) is 11.8 Å². The Morgan fingerprint density at radius 1 is 1.37 bits per heavy atom. The highest BCUT2D eigenvalue weighted by Gasteiger charge is 2.41. The molecular formula is C13H22N2O3S. The summed E-state index contributed by atoms with van der Waals surface area (Å²) in [6, 6.07) is -0.105. The van der Waals surface area contributed by atoms with E-state index in [4.69, 9.17) is 4.74 Å². The van der Waals surface area contributed by atoms with E-state index in [-0.39, 0.29) is 5.91 Å². The standard InChI is InChI=1S/C13H22N2O3S/c1-8-5-9(8)14-11(16)10-6-19-7-15(10)12(17)18-13(2,3)4/h8-10H,5-7H2,1-4H3,(H,14,16)/t8-,9-,10-/m1/s1. The maximum atomic E-state index is 12.1. The van der Waals surface area contributed by atoms with Crippen LogP contribution in [0.25, 0.3) is 0 Å². The van der Waals surface area contributed by atoms with Gasteiger partial charge in [0.25, 0.3) is 0 Å². The van der Waals surface area contributed by atoms with Crippen molar-refractivity contribution in [2.45, 2.75) is 51.8 Å². The monoisotopic (exact) mass is 286 g/mol. The Balaban J connectivity index is 1.92. The van der Waals surface area contributed by atoms with Crippen molar-refractivity contribution in [2.75, 3.05) is 11.6 Å². The molecule has 1 heterocycles. The Hall–Kier alpha value is -0.910. The number of amides is 2. The molecule has 0 radical (unpaired) electrons. The molecule has 0 aromatic heterocycles. The summed E-state index contributed by atoms with van der Waals surface area (Å²) in [5.74, 6) is 1.68. The van der Waals surface area contributed by atoms with Gasteiger partial charge in [-0.1, -0.05) is 6.92 Å². The summed E-state index contributed by atoms with van der Waals surface area (Å²) in [5, 5.41) is 2.99. The Kier molecular flexibility index (Phi) is 3.99. The molecule has 1 saturated carbocycles. The molecule has 1 N–H and O–H groups in total. The summed E-state index contributed by atoms with van der Waals surface area (Å²) in [6.07, 6.45) is 0.638. The largest absolute Gasteiger partial charge is 0.444 e. The molecule has 19 heavy (non-hydrogen) atoms. The van der Waals surface area contributed by atoms with Gasteiger partial charge in [0.15, 0.2) is 0 Å². The lowest BCUT2D eigenvalue weighted by Gasteiger charge is -2.27. The van der Waals surface area contributed by atoms with Gasteiger partial charge in [0, 0.05) is 11.8 Å². The van der Waals surface area contributed by atoms with Gasteiger partial charge < -0.3 is 10.1 Å². The van der Waals surface area contributed by atoms with E-state index in [2.05, 4.69) is 12.2 Å². The summed E-state index contributed by atoms with van der Waals surface area (Å²) >= 11 is 1.59. The molecule has 2 amide bonds. The summed E-state index contributed by atoms with van der Waals surface area (Å²) in [5.41, 5.74) is -0.531. The first-order valence-electron chi connectivity index (χ1n) is 6.65. The van der Waals surface area contributed by atoms with Crippen LogP contribution in [-0.2, 0) is 9.53 Å². The molecule has 0 aromatic rings. The third-order valence-electron chi connectivity index (χ3n) is 3.25. The van der Waals surface area contributed by atoms with Crippen LogP contribution < -0.4 is 5.32 Å². The van der Waals surface area contributed by atoms with Gasteiger partial charge in [0.2, 0.25) is 5.91 Å². The molecular weight excluding hydrogens is 264 g/mol. The van der Waals surface area contributed by atoms with Crippen molar-refractivity contribution in [1.29, 1.82) is 0 Å². The Labute approximate surface area is 118 Å². The fraction of sp³-hybridized carbons (Fsp3) is 0.846. The molecule has 0 unspecified atom stereocenters. The smallest absolute Gasteiger partial charge is 0.411 e. The summed E-state index contributed by atoms with van der Waals surface area (Å²) in [7, 11) is 0. The second kappa shape index (κ2) is 5.23.